The Morgan fingerprint density at radius 2 is 2.35 bits per heavy atom. The maximum absolute atomic E-state index is 12.2. The largest absolute Gasteiger partial charge is 0.378 e. The van der Waals surface area contributed by atoms with Gasteiger partial charge in [-0.25, -0.2) is 4.98 Å². The Morgan fingerprint density at radius 3 is 3.04 bits per heavy atom. The number of aromatic amines is 1. The molecule has 0 aliphatic heterocycles. The first-order valence-electron chi connectivity index (χ1n) is 6.71. The van der Waals surface area contributed by atoms with E-state index in [1.165, 1.54) is 11.3 Å². The third kappa shape index (κ3) is 3.58. The van der Waals surface area contributed by atoms with Crippen LogP contribution in [0.15, 0.2) is 36.0 Å². The minimum atomic E-state index is -0.282. The molecule has 23 heavy (non-hydrogen) atoms. The van der Waals surface area contributed by atoms with Crippen LogP contribution in [0.3, 0.4) is 0 Å². The molecule has 0 fully saturated rings. The van der Waals surface area contributed by atoms with Crippen molar-refractivity contribution in [2.24, 2.45) is 0 Å². The number of nitrogens with one attached hydrogen (secondary N) is 2. The summed E-state index contributed by atoms with van der Waals surface area (Å²) in [5.41, 5.74) is 2.69. The summed E-state index contributed by atoms with van der Waals surface area (Å²) in [6, 6.07) is 5.32. The highest BCUT2D eigenvalue weighted by molar-refractivity contribution is 7.09. The van der Waals surface area contributed by atoms with Gasteiger partial charge in [0, 0.05) is 35.5 Å². The van der Waals surface area contributed by atoms with E-state index in [9.17, 15) is 4.79 Å². The average molecular weight is 349 g/mol. The molecular weight excluding hydrogens is 336 g/mol. The molecule has 118 valence electrons. The van der Waals surface area contributed by atoms with Gasteiger partial charge in [-0.3, -0.25) is 9.89 Å². The zero-order valence-electron chi connectivity index (χ0n) is 12.2. The fourth-order valence-corrected chi connectivity index (χ4v) is 3.06. The van der Waals surface area contributed by atoms with Crippen LogP contribution in [-0.2, 0) is 11.3 Å². The maximum Gasteiger partial charge on any atom is 0.275 e. The first-order chi connectivity index (χ1) is 11.2. The van der Waals surface area contributed by atoms with E-state index in [1.54, 1.807) is 37.0 Å². The van der Waals surface area contributed by atoms with Gasteiger partial charge in [0.15, 0.2) is 0 Å². The summed E-state index contributed by atoms with van der Waals surface area (Å²) in [7, 11) is 1.59. The van der Waals surface area contributed by atoms with Crippen molar-refractivity contribution in [1.82, 2.24) is 15.2 Å². The Morgan fingerprint density at radius 1 is 1.48 bits per heavy atom. The van der Waals surface area contributed by atoms with E-state index in [2.05, 4.69) is 20.5 Å². The number of thiazole rings is 1. The molecule has 0 atom stereocenters. The number of anilines is 1. The summed E-state index contributed by atoms with van der Waals surface area (Å²) < 4.78 is 4.99. The number of halogens is 1. The van der Waals surface area contributed by atoms with Crippen LogP contribution in [0.2, 0.25) is 5.02 Å². The van der Waals surface area contributed by atoms with Gasteiger partial charge < -0.3 is 10.1 Å². The molecule has 0 saturated carbocycles. The van der Waals surface area contributed by atoms with Crippen molar-refractivity contribution in [3.63, 3.8) is 0 Å². The fraction of sp³-hybridized carbons (Fsp3) is 0.133. The van der Waals surface area contributed by atoms with E-state index >= 15 is 0 Å². The Bertz CT molecular complexity index is 817. The number of nitrogens with zero attached hydrogens (tertiary/aromatic N) is 2. The SMILES string of the molecule is COCc1nc(C(=O)Nc2ccc(-c3cn[nH]c3)c(Cl)c2)cs1. The second-order valence-corrected chi connectivity index (χ2v) is 6.05. The summed E-state index contributed by atoms with van der Waals surface area (Å²) in [6.45, 7) is 0.392. The lowest BCUT2D eigenvalue weighted by Crippen LogP contribution is -2.12. The number of ether oxygens (including phenoxy) is 1. The number of carbonyl (C=O) groups excluding carboxylic acids is 1. The smallest absolute Gasteiger partial charge is 0.275 e. The van der Waals surface area contributed by atoms with Gasteiger partial charge >= 0.3 is 0 Å². The summed E-state index contributed by atoms with van der Waals surface area (Å²) in [5, 5.41) is 12.4. The van der Waals surface area contributed by atoms with Crippen LogP contribution in [0, 0.1) is 0 Å². The maximum atomic E-state index is 12.2. The van der Waals surface area contributed by atoms with Crippen molar-refractivity contribution in [2.45, 2.75) is 6.61 Å². The summed E-state index contributed by atoms with van der Waals surface area (Å²) >= 11 is 7.66. The number of methoxy groups -OCH3 is 1. The molecule has 0 aliphatic rings. The van der Waals surface area contributed by atoms with Crippen molar-refractivity contribution in [3.05, 3.63) is 51.7 Å². The third-order valence-corrected chi connectivity index (χ3v) is 4.22. The molecule has 3 aromatic rings. The highest BCUT2D eigenvalue weighted by Crippen LogP contribution is 2.29. The van der Waals surface area contributed by atoms with Gasteiger partial charge in [0.2, 0.25) is 0 Å². The number of hydrogen-bond donors (Lipinski definition) is 2. The molecule has 2 heterocycles. The predicted molar refractivity (Wildman–Crippen MR) is 89.8 cm³/mol. The monoisotopic (exact) mass is 348 g/mol. The van der Waals surface area contributed by atoms with Crippen LogP contribution in [0.25, 0.3) is 11.1 Å². The van der Waals surface area contributed by atoms with Gasteiger partial charge in [-0.05, 0) is 12.1 Å². The van der Waals surface area contributed by atoms with Gasteiger partial charge in [-0.2, -0.15) is 5.10 Å². The molecule has 1 aromatic carbocycles. The molecule has 8 heteroatoms. The molecule has 0 unspecified atom stereocenters. The van der Waals surface area contributed by atoms with Gasteiger partial charge in [-0.15, -0.1) is 11.3 Å². The van der Waals surface area contributed by atoms with Crippen LogP contribution in [0.4, 0.5) is 5.69 Å². The molecule has 0 aliphatic carbocycles. The number of rotatable bonds is 5. The molecule has 2 aromatic heterocycles. The lowest BCUT2D eigenvalue weighted by Gasteiger charge is -2.07. The molecule has 1 amide bonds. The summed E-state index contributed by atoms with van der Waals surface area (Å²) in [6.07, 6.45) is 3.44. The zero-order chi connectivity index (χ0) is 16.2. The van der Waals surface area contributed by atoms with Crippen LogP contribution >= 0.6 is 22.9 Å². The Balaban J connectivity index is 1.74. The Labute approximate surface area is 141 Å². The number of H-pyrrole nitrogens is 1. The third-order valence-electron chi connectivity index (χ3n) is 3.09. The van der Waals surface area contributed by atoms with Crippen molar-refractivity contribution >= 4 is 34.5 Å². The lowest BCUT2D eigenvalue weighted by molar-refractivity contribution is 0.102. The minimum Gasteiger partial charge on any atom is -0.378 e. The first-order valence-corrected chi connectivity index (χ1v) is 7.96. The van der Waals surface area contributed by atoms with Crippen molar-refractivity contribution < 1.29 is 9.53 Å². The zero-order valence-corrected chi connectivity index (χ0v) is 13.7. The topological polar surface area (TPSA) is 79.9 Å². The number of benzene rings is 1. The van der Waals surface area contributed by atoms with Crippen LogP contribution < -0.4 is 5.32 Å². The van der Waals surface area contributed by atoms with Gasteiger partial charge in [0.1, 0.15) is 10.7 Å². The lowest BCUT2D eigenvalue weighted by atomic mass is 10.1. The van der Waals surface area contributed by atoms with E-state index in [-0.39, 0.29) is 5.91 Å². The second-order valence-electron chi connectivity index (χ2n) is 4.70. The summed E-state index contributed by atoms with van der Waals surface area (Å²) in [5.74, 6) is -0.282. The Kier molecular flexibility index (Phi) is 4.71. The quantitative estimate of drug-likeness (QED) is 0.738. The fourth-order valence-electron chi connectivity index (χ4n) is 2.03. The predicted octanol–water partition coefficient (Wildman–Crippen LogP) is 3.59. The van der Waals surface area contributed by atoms with E-state index in [0.29, 0.717) is 23.0 Å². The van der Waals surface area contributed by atoms with E-state index in [4.69, 9.17) is 16.3 Å². The van der Waals surface area contributed by atoms with E-state index in [0.717, 1.165) is 16.1 Å². The number of carbonyl (C=O) groups is 1. The molecule has 0 bridgehead atoms. The number of amides is 1. The molecule has 2 N–H and O–H groups in total. The highest BCUT2D eigenvalue weighted by atomic mass is 35.5. The molecule has 0 saturated heterocycles. The Hall–Kier alpha value is -2.22. The first kappa shape index (κ1) is 15.7. The second kappa shape index (κ2) is 6.91. The molecule has 3 rings (SSSR count). The normalized spacial score (nSPS) is 10.7. The molecular formula is C15H13ClN4O2S. The van der Waals surface area contributed by atoms with Crippen LogP contribution in [0.5, 0.6) is 0 Å². The molecule has 0 spiro atoms. The van der Waals surface area contributed by atoms with Gasteiger partial charge in [-0.1, -0.05) is 17.7 Å². The molecule has 6 nitrogen and oxygen atoms in total. The van der Waals surface area contributed by atoms with Gasteiger partial charge in [0.05, 0.1) is 17.8 Å². The van der Waals surface area contributed by atoms with E-state index < -0.39 is 0 Å². The molecule has 0 radical (unpaired) electrons. The standard InChI is InChI=1S/C15H13ClN4O2S/c1-22-7-14-20-13(8-23-14)15(21)19-10-2-3-11(12(16)4-10)9-5-17-18-6-9/h2-6,8H,7H2,1H3,(H,17,18)(H,19,21). The number of hydrogen-bond acceptors (Lipinski definition) is 5. The van der Waals surface area contributed by atoms with Crippen LogP contribution in [-0.4, -0.2) is 28.2 Å². The van der Waals surface area contributed by atoms with Crippen molar-refractivity contribution in [3.8, 4) is 11.1 Å². The average Bonchev–Trinajstić information content (AvgIpc) is 3.19. The van der Waals surface area contributed by atoms with Crippen molar-refractivity contribution in [2.75, 3.05) is 12.4 Å². The van der Waals surface area contributed by atoms with Gasteiger partial charge in [0.25, 0.3) is 5.91 Å². The summed E-state index contributed by atoms with van der Waals surface area (Å²) in [4.78, 5) is 16.4. The highest BCUT2D eigenvalue weighted by Gasteiger charge is 2.12. The van der Waals surface area contributed by atoms with E-state index in [1.807, 2.05) is 6.07 Å². The minimum absolute atomic E-state index is 0.282. The van der Waals surface area contributed by atoms with Crippen molar-refractivity contribution in [1.29, 1.82) is 0 Å². The number of aromatic nitrogens is 3. The van der Waals surface area contributed by atoms with Crippen LogP contribution in [0.1, 0.15) is 15.5 Å².